The topological polar surface area (TPSA) is 59.0 Å². The zero-order valence-corrected chi connectivity index (χ0v) is 15.7. The first-order valence-corrected chi connectivity index (χ1v) is 9.68. The van der Waals surface area contributed by atoms with Gasteiger partial charge in [0, 0.05) is 16.5 Å². The number of anilines is 1. The van der Waals surface area contributed by atoms with Gasteiger partial charge in [-0.05, 0) is 67.6 Å². The Labute approximate surface area is 166 Å². The highest BCUT2D eigenvalue weighted by Crippen LogP contribution is 2.54. The first kappa shape index (κ1) is 17.3. The van der Waals surface area contributed by atoms with E-state index in [1.54, 1.807) is 12.1 Å². The van der Waals surface area contributed by atoms with Gasteiger partial charge in [0.05, 0.1) is 17.1 Å². The number of hydrogen-bond acceptors (Lipinski definition) is 3. The maximum Gasteiger partial charge on any atom is 0.290 e. The van der Waals surface area contributed by atoms with Crippen LogP contribution in [0.4, 0.5) is 10.1 Å². The average Bonchev–Trinajstić information content (AvgIpc) is 3.39. The van der Waals surface area contributed by atoms with Crippen LogP contribution in [0.25, 0.3) is 5.69 Å². The van der Waals surface area contributed by atoms with E-state index in [2.05, 4.69) is 16.0 Å². The van der Waals surface area contributed by atoms with Crippen LogP contribution in [0.2, 0.25) is 5.02 Å². The molecule has 1 heterocycles. The molecule has 2 aliphatic rings. The van der Waals surface area contributed by atoms with Crippen LogP contribution in [0.3, 0.4) is 0 Å². The van der Waals surface area contributed by atoms with Crippen molar-refractivity contribution in [2.24, 2.45) is 0 Å². The van der Waals surface area contributed by atoms with Crippen molar-refractivity contribution in [2.75, 3.05) is 5.43 Å². The second kappa shape index (κ2) is 6.63. The molecule has 2 aliphatic carbocycles. The Morgan fingerprint density at radius 3 is 2.71 bits per heavy atom. The molecule has 0 saturated heterocycles. The summed E-state index contributed by atoms with van der Waals surface area (Å²) >= 11 is 6.02. The number of carbonyl (C=O) groups is 1. The van der Waals surface area contributed by atoms with Crippen LogP contribution in [0.15, 0.2) is 48.5 Å². The summed E-state index contributed by atoms with van der Waals surface area (Å²) in [7, 11) is 0. The highest BCUT2D eigenvalue weighted by molar-refractivity contribution is 6.30. The van der Waals surface area contributed by atoms with E-state index in [0.717, 1.165) is 36.2 Å². The molecule has 7 heteroatoms. The molecule has 0 radical (unpaired) electrons. The van der Waals surface area contributed by atoms with Crippen molar-refractivity contribution in [3.05, 3.63) is 76.3 Å². The molecule has 5 rings (SSSR count). The number of hydrazine groups is 1. The van der Waals surface area contributed by atoms with Crippen LogP contribution in [-0.4, -0.2) is 15.7 Å². The molecule has 28 heavy (non-hydrogen) atoms. The standard InChI is InChI=1S/C21H18ClFN4O/c22-14-6-8-17(9-7-14)27-20-13-5-4-12(10-13)18(20)19(26-27)21(28)25-24-16-3-1-2-15(23)11-16/h1-3,6-9,11-13,24H,4-5,10H2,(H,25,28)/t12-,13-/m0/s1. The molecule has 142 valence electrons. The lowest BCUT2D eigenvalue weighted by Crippen LogP contribution is -2.30. The number of benzene rings is 2. The van der Waals surface area contributed by atoms with E-state index in [-0.39, 0.29) is 11.7 Å². The highest BCUT2D eigenvalue weighted by Gasteiger charge is 2.44. The van der Waals surface area contributed by atoms with Gasteiger partial charge in [-0.2, -0.15) is 5.10 Å². The quantitative estimate of drug-likeness (QED) is 0.623. The number of amides is 1. The van der Waals surface area contributed by atoms with Crippen molar-refractivity contribution in [3.63, 3.8) is 0 Å². The van der Waals surface area contributed by atoms with Crippen LogP contribution in [0, 0.1) is 5.82 Å². The number of rotatable bonds is 4. The minimum absolute atomic E-state index is 0.319. The molecule has 3 aromatic rings. The van der Waals surface area contributed by atoms with E-state index < -0.39 is 0 Å². The van der Waals surface area contributed by atoms with Crippen molar-refractivity contribution in [2.45, 2.75) is 31.1 Å². The Balaban J connectivity index is 1.48. The summed E-state index contributed by atoms with van der Waals surface area (Å²) in [5.74, 6) is 0.113. The molecule has 1 fully saturated rings. The molecule has 0 unspecified atom stereocenters. The monoisotopic (exact) mass is 396 g/mol. The molecule has 2 aromatic carbocycles. The molecule has 2 atom stereocenters. The molecule has 1 amide bonds. The Hall–Kier alpha value is -2.86. The smallest absolute Gasteiger partial charge is 0.290 e. The Morgan fingerprint density at radius 2 is 1.93 bits per heavy atom. The number of fused-ring (bicyclic) bond motifs is 5. The Bertz CT molecular complexity index is 1060. The maximum atomic E-state index is 13.3. The van der Waals surface area contributed by atoms with Crippen molar-refractivity contribution in [3.8, 4) is 5.69 Å². The highest BCUT2D eigenvalue weighted by atomic mass is 35.5. The summed E-state index contributed by atoms with van der Waals surface area (Å²) < 4.78 is 15.2. The van der Waals surface area contributed by atoms with Gasteiger partial charge in [0.1, 0.15) is 5.82 Å². The number of nitrogens with one attached hydrogen (secondary N) is 2. The summed E-state index contributed by atoms with van der Waals surface area (Å²) in [6, 6.07) is 13.4. The van der Waals surface area contributed by atoms with E-state index in [4.69, 9.17) is 11.6 Å². The second-order valence-corrected chi connectivity index (χ2v) is 7.77. The van der Waals surface area contributed by atoms with Crippen molar-refractivity contribution in [1.29, 1.82) is 0 Å². The van der Waals surface area contributed by atoms with E-state index in [1.165, 1.54) is 12.1 Å². The molecular formula is C21H18ClFN4O. The zero-order valence-electron chi connectivity index (χ0n) is 15.0. The number of halogens is 2. The summed E-state index contributed by atoms with van der Waals surface area (Å²) in [4.78, 5) is 12.9. The normalized spacial score (nSPS) is 19.5. The van der Waals surface area contributed by atoms with Crippen molar-refractivity contribution in [1.82, 2.24) is 15.2 Å². The molecule has 2 N–H and O–H groups in total. The summed E-state index contributed by atoms with van der Waals surface area (Å²) in [6.07, 6.45) is 3.28. The van der Waals surface area contributed by atoms with Crippen LogP contribution >= 0.6 is 11.6 Å². The second-order valence-electron chi connectivity index (χ2n) is 7.33. The fourth-order valence-corrected chi connectivity index (χ4v) is 4.56. The van der Waals surface area contributed by atoms with Gasteiger partial charge >= 0.3 is 0 Å². The molecule has 0 spiro atoms. The van der Waals surface area contributed by atoms with Gasteiger partial charge in [-0.1, -0.05) is 17.7 Å². The lowest BCUT2D eigenvalue weighted by molar-refractivity contribution is 0.0956. The number of hydrogen-bond donors (Lipinski definition) is 2. The number of nitrogens with zero attached hydrogens (tertiary/aromatic N) is 2. The van der Waals surface area contributed by atoms with Gasteiger partial charge in [0.15, 0.2) is 5.69 Å². The largest absolute Gasteiger partial charge is 0.298 e. The first-order valence-electron chi connectivity index (χ1n) is 9.31. The lowest BCUT2D eigenvalue weighted by atomic mass is 9.95. The fraction of sp³-hybridized carbons (Fsp3) is 0.238. The first-order chi connectivity index (χ1) is 13.6. The predicted octanol–water partition coefficient (Wildman–Crippen LogP) is 4.79. The minimum Gasteiger partial charge on any atom is -0.298 e. The van der Waals surface area contributed by atoms with Crippen molar-refractivity contribution >= 4 is 23.2 Å². The maximum absolute atomic E-state index is 13.3. The molecule has 1 saturated carbocycles. The van der Waals surface area contributed by atoms with E-state index in [9.17, 15) is 9.18 Å². The van der Waals surface area contributed by atoms with Gasteiger partial charge in [-0.15, -0.1) is 0 Å². The molecule has 1 aromatic heterocycles. The van der Waals surface area contributed by atoms with Crippen LogP contribution in [0.1, 0.15) is 52.8 Å². The van der Waals surface area contributed by atoms with E-state index >= 15 is 0 Å². The third kappa shape index (κ3) is 2.85. The molecular weight excluding hydrogens is 379 g/mol. The van der Waals surface area contributed by atoms with Gasteiger partial charge in [0.2, 0.25) is 0 Å². The molecule has 5 nitrogen and oxygen atoms in total. The SMILES string of the molecule is O=C(NNc1cccc(F)c1)c1nn(-c2ccc(Cl)cc2)c2c1[C@H]1CC[C@H]2C1. The third-order valence-electron chi connectivity index (χ3n) is 5.62. The number of aromatic nitrogens is 2. The van der Waals surface area contributed by atoms with Crippen molar-refractivity contribution < 1.29 is 9.18 Å². The fourth-order valence-electron chi connectivity index (χ4n) is 4.43. The van der Waals surface area contributed by atoms with Crippen LogP contribution < -0.4 is 10.9 Å². The predicted molar refractivity (Wildman–Crippen MR) is 105 cm³/mol. The summed E-state index contributed by atoms with van der Waals surface area (Å²) in [6.45, 7) is 0. The zero-order chi connectivity index (χ0) is 19.3. The van der Waals surface area contributed by atoms with Crippen LogP contribution in [0.5, 0.6) is 0 Å². The summed E-state index contributed by atoms with van der Waals surface area (Å²) in [5, 5.41) is 5.31. The Morgan fingerprint density at radius 1 is 1.14 bits per heavy atom. The van der Waals surface area contributed by atoms with Gasteiger partial charge in [0.25, 0.3) is 5.91 Å². The summed E-state index contributed by atoms with van der Waals surface area (Å²) in [5.41, 5.74) is 9.40. The third-order valence-corrected chi connectivity index (χ3v) is 5.87. The van der Waals surface area contributed by atoms with Gasteiger partial charge in [-0.25, -0.2) is 9.07 Å². The lowest BCUT2D eigenvalue weighted by Gasteiger charge is -2.14. The van der Waals surface area contributed by atoms with E-state index in [1.807, 2.05) is 28.9 Å². The molecule has 2 bridgehead atoms. The van der Waals surface area contributed by atoms with Crippen LogP contribution in [-0.2, 0) is 0 Å². The number of carbonyl (C=O) groups excluding carboxylic acids is 1. The van der Waals surface area contributed by atoms with Gasteiger partial charge < -0.3 is 0 Å². The van der Waals surface area contributed by atoms with Gasteiger partial charge in [-0.3, -0.25) is 15.6 Å². The minimum atomic E-state index is -0.371. The Kier molecular flexibility index (Phi) is 4.09. The molecule has 0 aliphatic heterocycles. The van der Waals surface area contributed by atoms with E-state index in [0.29, 0.717) is 28.2 Å². The average molecular weight is 397 g/mol.